The standard InChI is InChI=1S/C8H16N2.C2H6.H2/c1-3-8(7-9-5-1)4-2-6-10-8;1-2;/h9-10H,1-7H2;1-2H3;1H. The fourth-order valence-corrected chi connectivity index (χ4v) is 2.20. The molecule has 0 aliphatic carbocycles. The highest BCUT2D eigenvalue weighted by Crippen LogP contribution is 2.25. The molecule has 2 nitrogen and oxygen atoms in total. The van der Waals surface area contributed by atoms with E-state index >= 15 is 0 Å². The van der Waals surface area contributed by atoms with Crippen LogP contribution in [-0.2, 0) is 0 Å². The van der Waals surface area contributed by atoms with E-state index in [1.165, 1.54) is 45.3 Å². The quantitative estimate of drug-likeness (QED) is 0.582. The zero-order valence-electron chi connectivity index (χ0n) is 8.45. The SMILES string of the molecule is C1CNCC2(C1)CCCN2.CC.[HH]. The van der Waals surface area contributed by atoms with Crippen molar-refractivity contribution in [3.8, 4) is 0 Å². The average Bonchev–Trinajstić information content (AvgIpc) is 2.58. The molecule has 2 saturated heterocycles. The second-order valence-electron chi connectivity index (χ2n) is 3.59. The predicted molar refractivity (Wildman–Crippen MR) is 55.5 cm³/mol. The highest BCUT2D eigenvalue weighted by Gasteiger charge is 2.33. The molecule has 1 spiro atoms. The van der Waals surface area contributed by atoms with Gasteiger partial charge in [0.1, 0.15) is 0 Å². The minimum Gasteiger partial charge on any atom is -0.315 e. The molecule has 2 heterocycles. The molecule has 12 heavy (non-hydrogen) atoms. The molecule has 2 aliphatic rings. The third-order valence-corrected chi connectivity index (χ3v) is 2.80. The Bertz CT molecular complexity index is 114. The van der Waals surface area contributed by atoms with Crippen LogP contribution in [-0.4, -0.2) is 25.2 Å². The highest BCUT2D eigenvalue weighted by molar-refractivity contribution is 4.96. The zero-order valence-corrected chi connectivity index (χ0v) is 8.45. The van der Waals surface area contributed by atoms with Crippen LogP contribution in [0.2, 0.25) is 0 Å². The summed E-state index contributed by atoms with van der Waals surface area (Å²) in [5.74, 6) is 0. The molecule has 2 rings (SSSR count). The van der Waals surface area contributed by atoms with Crippen LogP contribution in [0.4, 0.5) is 0 Å². The number of rotatable bonds is 0. The normalized spacial score (nSPS) is 34.5. The van der Waals surface area contributed by atoms with Crippen LogP contribution in [0.1, 0.15) is 41.0 Å². The second kappa shape index (κ2) is 4.83. The van der Waals surface area contributed by atoms with Crippen LogP contribution in [0.5, 0.6) is 0 Å². The second-order valence-corrected chi connectivity index (χ2v) is 3.59. The van der Waals surface area contributed by atoms with Crippen molar-refractivity contribution in [2.75, 3.05) is 19.6 Å². The van der Waals surface area contributed by atoms with Crippen molar-refractivity contribution in [3.63, 3.8) is 0 Å². The van der Waals surface area contributed by atoms with Gasteiger partial charge < -0.3 is 10.6 Å². The predicted octanol–water partition coefficient (Wildman–Crippen LogP) is 1.76. The molecule has 2 heteroatoms. The summed E-state index contributed by atoms with van der Waals surface area (Å²) in [5.41, 5.74) is 0.512. The van der Waals surface area contributed by atoms with Crippen molar-refractivity contribution in [2.45, 2.75) is 45.1 Å². The molecule has 0 aromatic carbocycles. The Labute approximate surface area is 77.6 Å². The summed E-state index contributed by atoms with van der Waals surface area (Å²) in [7, 11) is 0. The number of piperidine rings is 1. The molecule has 1 unspecified atom stereocenters. The van der Waals surface area contributed by atoms with E-state index < -0.39 is 0 Å². The lowest BCUT2D eigenvalue weighted by Crippen LogP contribution is -2.52. The Kier molecular flexibility index (Phi) is 4.02. The van der Waals surface area contributed by atoms with Gasteiger partial charge in [0.25, 0.3) is 0 Å². The first kappa shape index (κ1) is 10.0. The molecule has 74 valence electrons. The molecule has 0 radical (unpaired) electrons. The maximum atomic E-state index is 3.61. The highest BCUT2D eigenvalue weighted by atomic mass is 15.1. The van der Waals surface area contributed by atoms with Crippen molar-refractivity contribution in [2.24, 2.45) is 0 Å². The molecular formula is C10H24N2. The summed E-state index contributed by atoms with van der Waals surface area (Å²) in [6.07, 6.45) is 5.51. The Morgan fingerprint density at radius 1 is 1.08 bits per heavy atom. The Balaban J connectivity index is 0.000000451. The molecule has 0 saturated carbocycles. The van der Waals surface area contributed by atoms with Crippen LogP contribution in [0.3, 0.4) is 0 Å². The summed E-state index contributed by atoms with van der Waals surface area (Å²) in [6.45, 7) is 7.66. The number of hydrogen-bond acceptors (Lipinski definition) is 2. The van der Waals surface area contributed by atoms with E-state index in [9.17, 15) is 0 Å². The maximum Gasteiger partial charge on any atom is 0.0307 e. The number of hydrogen-bond donors (Lipinski definition) is 2. The first-order valence-corrected chi connectivity index (χ1v) is 5.37. The summed E-state index contributed by atoms with van der Waals surface area (Å²) in [4.78, 5) is 0. The van der Waals surface area contributed by atoms with E-state index in [0.717, 1.165) is 0 Å². The van der Waals surface area contributed by atoms with Gasteiger partial charge in [0.15, 0.2) is 0 Å². The molecule has 0 bridgehead atoms. The van der Waals surface area contributed by atoms with Crippen LogP contribution in [0, 0.1) is 0 Å². The lowest BCUT2D eigenvalue weighted by atomic mass is 9.89. The monoisotopic (exact) mass is 172 g/mol. The van der Waals surface area contributed by atoms with E-state index in [-0.39, 0.29) is 1.43 Å². The zero-order chi connectivity index (χ0) is 8.86. The topological polar surface area (TPSA) is 24.1 Å². The first-order chi connectivity index (χ1) is 5.91. The Hall–Kier alpha value is -0.0800. The fourth-order valence-electron chi connectivity index (χ4n) is 2.20. The average molecular weight is 172 g/mol. The molecule has 2 fully saturated rings. The third kappa shape index (κ3) is 2.20. The minimum atomic E-state index is 0. The van der Waals surface area contributed by atoms with E-state index in [0.29, 0.717) is 5.54 Å². The van der Waals surface area contributed by atoms with Crippen molar-refractivity contribution in [1.29, 1.82) is 0 Å². The van der Waals surface area contributed by atoms with Gasteiger partial charge in [-0.3, -0.25) is 0 Å². The smallest absolute Gasteiger partial charge is 0.0307 e. The van der Waals surface area contributed by atoms with Crippen LogP contribution in [0.15, 0.2) is 0 Å². The molecular weight excluding hydrogens is 148 g/mol. The molecule has 0 aromatic rings. The molecule has 0 amide bonds. The van der Waals surface area contributed by atoms with E-state index in [1.54, 1.807) is 0 Å². The van der Waals surface area contributed by atoms with Gasteiger partial charge in [-0.25, -0.2) is 0 Å². The molecule has 2 N–H and O–H groups in total. The Morgan fingerprint density at radius 3 is 2.25 bits per heavy atom. The van der Waals surface area contributed by atoms with Crippen molar-refractivity contribution < 1.29 is 1.43 Å². The Morgan fingerprint density at radius 2 is 1.75 bits per heavy atom. The van der Waals surface area contributed by atoms with Gasteiger partial charge in [-0.2, -0.15) is 0 Å². The summed E-state index contributed by atoms with van der Waals surface area (Å²) < 4.78 is 0. The summed E-state index contributed by atoms with van der Waals surface area (Å²) >= 11 is 0. The lowest BCUT2D eigenvalue weighted by molar-refractivity contribution is 0.282. The fraction of sp³-hybridized carbons (Fsp3) is 1.00. The minimum absolute atomic E-state index is 0. The largest absolute Gasteiger partial charge is 0.315 e. The van der Waals surface area contributed by atoms with Crippen molar-refractivity contribution in [1.82, 2.24) is 10.6 Å². The van der Waals surface area contributed by atoms with Gasteiger partial charge in [-0.1, -0.05) is 13.8 Å². The molecule has 1 atom stereocenters. The van der Waals surface area contributed by atoms with Crippen molar-refractivity contribution >= 4 is 0 Å². The van der Waals surface area contributed by atoms with Gasteiger partial charge in [0.2, 0.25) is 0 Å². The molecule has 0 aromatic heterocycles. The van der Waals surface area contributed by atoms with Crippen LogP contribution < -0.4 is 10.6 Å². The van der Waals surface area contributed by atoms with Gasteiger partial charge in [-0.15, -0.1) is 0 Å². The third-order valence-electron chi connectivity index (χ3n) is 2.80. The van der Waals surface area contributed by atoms with E-state index in [2.05, 4.69) is 10.6 Å². The number of nitrogens with one attached hydrogen (secondary N) is 2. The maximum absolute atomic E-state index is 3.61. The van der Waals surface area contributed by atoms with Gasteiger partial charge >= 0.3 is 0 Å². The summed E-state index contributed by atoms with van der Waals surface area (Å²) in [5, 5.41) is 7.06. The molecule has 2 aliphatic heterocycles. The summed E-state index contributed by atoms with van der Waals surface area (Å²) in [6, 6.07) is 0. The first-order valence-electron chi connectivity index (χ1n) is 5.37. The lowest BCUT2D eigenvalue weighted by Gasteiger charge is -2.34. The van der Waals surface area contributed by atoms with Gasteiger partial charge in [0, 0.05) is 13.5 Å². The van der Waals surface area contributed by atoms with Gasteiger partial charge in [0.05, 0.1) is 0 Å². The van der Waals surface area contributed by atoms with Gasteiger partial charge in [-0.05, 0) is 38.8 Å². The van der Waals surface area contributed by atoms with E-state index in [4.69, 9.17) is 0 Å². The van der Waals surface area contributed by atoms with Crippen LogP contribution >= 0.6 is 0 Å². The van der Waals surface area contributed by atoms with E-state index in [1.807, 2.05) is 13.8 Å². The van der Waals surface area contributed by atoms with Crippen molar-refractivity contribution in [3.05, 3.63) is 0 Å². The van der Waals surface area contributed by atoms with Crippen LogP contribution in [0.25, 0.3) is 0 Å².